The maximum Gasteiger partial charge on any atom is 0.122 e. The minimum Gasteiger partial charge on any atom is -0.377 e. The van der Waals surface area contributed by atoms with Crippen LogP contribution in [0.3, 0.4) is 0 Å². The molecule has 1 N–H and O–H groups in total. The second-order valence-corrected chi connectivity index (χ2v) is 6.29. The molecule has 0 unspecified atom stereocenters. The predicted molar refractivity (Wildman–Crippen MR) is 75.3 cm³/mol. The zero-order valence-electron chi connectivity index (χ0n) is 11.4. The van der Waals surface area contributed by atoms with Crippen LogP contribution in [-0.4, -0.2) is 30.3 Å². The summed E-state index contributed by atoms with van der Waals surface area (Å²) in [6.07, 6.45) is 5.26. The molecule has 2 saturated heterocycles. The molecule has 2 aliphatic rings. The Labute approximate surface area is 118 Å². The van der Waals surface area contributed by atoms with E-state index < -0.39 is 0 Å². The Bertz CT molecular complexity index is 398. The molecule has 2 aliphatic heterocycles. The van der Waals surface area contributed by atoms with E-state index >= 15 is 0 Å². The molecule has 0 aliphatic carbocycles. The number of ether oxygens (including phenoxy) is 2. The van der Waals surface area contributed by atoms with E-state index in [9.17, 15) is 0 Å². The Hall–Kier alpha value is -0.490. The van der Waals surface area contributed by atoms with E-state index in [1.165, 1.54) is 12.8 Å². The molecule has 5 heteroatoms. The summed E-state index contributed by atoms with van der Waals surface area (Å²) in [6, 6.07) is 0.399. The summed E-state index contributed by atoms with van der Waals surface area (Å²) < 4.78 is 11.4. The van der Waals surface area contributed by atoms with E-state index in [0.29, 0.717) is 12.1 Å². The molecule has 19 heavy (non-hydrogen) atoms. The number of nitrogens with one attached hydrogen (secondary N) is 1. The highest BCUT2D eigenvalue weighted by Crippen LogP contribution is 2.30. The van der Waals surface area contributed by atoms with Crippen LogP contribution in [0.15, 0.2) is 5.38 Å². The maximum atomic E-state index is 5.69. The quantitative estimate of drug-likeness (QED) is 0.901. The topological polar surface area (TPSA) is 43.4 Å². The second-order valence-electron chi connectivity index (χ2n) is 5.40. The lowest BCUT2D eigenvalue weighted by molar-refractivity contribution is 0.0830. The summed E-state index contributed by atoms with van der Waals surface area (Å²) in [7, 11) is 0. The average Bonchev–Trinajstić information content (AvgIpc) is 3.14. The van der Waals surface area contributed by atoms with Crippen molar-refractivity contribution < 1.29 is 9.47 Å². The van der Waals surface area contributed by atoms with Gasteiger partial charge in [0.2, 0.25) is 0 Å². The third-order valence-corrected chi connectivity index (χ3v) is 4.89. The molecule has 3 heterocycles. The van der Waals surface area contributed by atoms with Crippen LogP contribution in [0.1, 0.15) is 49.4 Å². The normalized spacial score (nSPS) is 28.9. The van der Waals surface area contributed by atoms with Gasteiger partial charge in [-0.3, -0.25) is 0 Å². The van der Waals surface area contributed by atoms with E-state index in [4.69, 9.17) is 9.47 Å². The van der Waals surface area contributed by atoms with Crippen LogP contribution in [0.5, 0.6) is 0 Å². The summed E-state index contributed by atoms with van der Waals surface area (Å²) in [4.78, 5) is 4.68. The molecule has 4 nitrogen and oxygen atoms in total. The third-order valence-electron chi connectivity index (χ3n) is 3.90. The van der Waals surface area contributed by atoms with Crippen molar-refractivity contribution in [2.75, 3.05) is 13.2 Å². The first-order valence-corrected chi connectivity index (χ1v) is 8.12. The molecule has 0 spiro atoms. The fourth-order valence-corrected chi connectivity index (χ4v) is 3.62. The van der Waals surface area contributed by atoms with Crippen LogP contribution in [0, 0.1) is 0 Å². The van der Waals surface area contributed by atoms with Crippen LogP contribution in [0.2, 0.25) is 0 Å². The van der Waals surface area contributed by atoms with E-state index in [1.807, 2.05) is 0 Å². The smallest absolute Gasteiger partial charge is 0.122 e. The van der Waals surface area contributed by atoms with Crippen molar-refractivity contribution in [3.63, 3.8) is 0 Å². The van der Waals surface area contributed by atoms with Crippen LogP contribution < -0.4 is 5.32 Å². The molecular formula is C14H22N2O2S. The van der Waals surface area contributed by atoms with Gasteiger partial charge in [0.1, 0.15) is 11.1 Å². The lowest BCUT2D eigenvalue weighted by Gasteiger charge is -2.19. The number of thiazole rings is 1. The zero-order valence-corrected chi connectivity index (χ0v) is 12.2. The van der Waals surface area contributed by atoms with Gasteiger partial charge in [-0.2, -0.15) is 0 Å². The first kappa shape index (κ1) is 13.5. The molecule has 0 bridgehead atoms. The van der Waals surface area contributed by atoms with Crippen LogP contribution >= 0.6 is 11.3 Å². The standard InChI is InChI=1S/C14H22N2O2S/c1-10(12-4-2-6-17-12)15-8-11-9-19-14(16-11)13-5-3-7-18-13/h9-10,12-13,15H,2-8H2,1H3/t10-,12+,13+/m0/s1. The molecule has 2 fully saturated rings. The van der Waals surface area contributed by atoms with Crippen molar-refractivity contribution in [1.29, 1.82) is 0 Å². The zero-order chi connectivity index (χ0) is 13.1. The van der Waals surface area contributed by atoms with Gasteiger partial charge in [0, 0.05) is 31.2 Å². The monoisotopic (exact) mass is 282 g/mol. The minimum atomic E-state index is 0.245. The molecular weight excluding hydrogens is 260 g/mol. The lowest BCUT2D eigenvalue weighted by atomic mass is 10.1. The van der Waals surface area contributed by atoms with Crippen LogP contribution in [0.4, 0.5) is 0 Å². The molecule has 3 rings (SSSR count). The fraction of sp³-hybridized carbons (Fsp3) is 0.786. The average molecular weight is 282 g/mol. The van der Waals surface area contributed by atoms with Crippen molar-refractivity contribution in [3.8, 4) is 0 Å². The van der Waals surface area contributed by atoms with Crippen molar-refractivity contribution >= 4 is 11.3 Å². The number of rotatable bonds is 5. The first-order valence-electron chi connectivity index (χ1n) is 7.24. The number of nitrogens with zero attached hydrogens (tertiary/aromatic N) is 1. The molecule has 1 aromatic rings. The van der Waals surface area contributed by atoms with Gasteiger partial charge >= 0.3 is 0 Å². The molecule has 106 valence electrons. The van der Waals surface area contributed by atoms with Gasteiger partial charge in [0.05, 0.1) is 11.8 Å². The Morgan fingerprint density at radius 3 is 2.95 bits per heavy atom. The van der Waals surface area contributed by atoms with Gasteiger partial charge in [-0.25, -0.2) is 4.98 Å². The van der Waals surface area contributed by atoms with Gasteiger partial charge < -0.3 is 14.8 Å². The van der Waals surface area contributed by atoms with E-state index in [0.717, 1.165) is 43.3 Å². The Morgan fingerprint density at radius 1 is 1.37 bits per heavy atom. The highest BCUT2D eigenvalue weighted by molar-refractivity contribution is 7.09. The van der Waals surface area contributed by atoms with Crippen LogP contribution in [-0.2, 0) is 16.0 Å². The van der Waals surface area contributed by atoms with E-state index in [1.54, 1.807) is 11.3 Å². The van der Waals surface area contributed by atoms with Gasteiger partial charge in [0.25, 0.3) is 0 Å². The van der Waals surface area contributed by atoms with Gasteiger partial charge in [-0.05, 0) is 32.6 Å². The largest absolute Gasteiger partial charge is 0.377 e. The van der Waals surface area contributed by atoms with E-state index in [-0.39, 0.29) is 6.10 Å². The Morgan fingerprint density at radius 2 is 2.21 bits per heavy atom. The lowest BCUT2D eigenvalue weighted by Crippen LogP contribution is -2.36. The van der Waals surface area contributed by atoms with Crippen molar-refractivity contribution in [2.45, 2.75) is 57.4 Å². The summed E-state index contributed by atoms with van der Waals surface area (Å²) in [5.41, 5.74) is 1.13. The number of aromatic nitrogens is 1. The second kappa shape index (κ2) is 6.31. The van der Waals surface area contributed by atoms with Gasteiger partial charge in [0.15, 0.2) is 0 Å². The van der Waals surface area contributed by atoms with Crippen LogP contribution in [0.25, 0.3) is 0 Å². The van der Waals surface area contributed by atoms with Crippen molar-refractivity contribution in [2.24, 2.45) is 0 Å². The van der Waals surface area contributed by atoms with Gasteiger partial charge in [-0.15, -0.1) is 11.3 Å². The fourth-order valence-electron chi connectivity index (χ4n) is 2.72. The Kier molecular flexibility index (Phi) is 4.48. The SMILES string of the molecule is C[C@H](NCc1csc([C@H]2CCCO2)n1)[C@H]1CCCO1. The molecule has 0 saturated carbocycles. The summed E-state index contributed by atoms with van der Waals surface area (Å²) in [5, 5.41) is 6.81. The van der Waals surface area contributed by atoms with Crippen molar-refractivity contribution in [3.05, 3.63) is 16.1 Å². The Balaban J connectivity index is 1.49. The molecule has 0 aromatic carbocycles. The molecule has 0 amide bonds. The summed E-state index contributed by atoms with van der Waals surface area (Å²) in [5.74, 6) is 0. The maximum absolute atomic E-state index is 5.69. The molecule has 1 aromatic heterocycles. The third kappa shape index (κ3) is 3.34. The summed E-state index contributed by atoms with van der Waals surface area (Å²) in [6.45, 7) is 4.82. The molecule has 0 radical (unpaired) electrons. The van der Waals surface area contributed by atoms with Crippen molar-refractivity contribution in [1.82, 2.24) is 10.3 Å². The van der Waals surface area contributed by atoms with Gasteiger partial charge in [-0.1, -0.05) is 0 Å². The first-order chi connectivity index (χ1) is 9.33. The highest BCUT2D eigenvalue weighted by Gasteiger charge is 2.23. The summed E-state index contributed by atoms with van der Waals surface area (Å²) >= 11 is 1.72. The van der Waals surface area contributed by atoms with E-state index in [2.05, 4.69) is 22.6 Å². The highest BCUT2D eigenvalue weighted by atomic mass is 32.1. The number of hydrogen-bond donors (Lipinski definition) is 1. The number of hydrogen-bond acceptors (Lipinski definition) is 5. The minimum absolute atomic E-state index is 0.245. The predicted octanol–water partition coefficient (Wildman–Crippen LogP) is 2.65. The molecule has 3 atom stereocenters.